The molecule has 17 heavy (non-hydrogen) atoms. The number of aliphatic carboxylic acids is 1. The van der Waals surface area contributed by atoms with Crippen LogP contribution >= 0.6 is 0 Å². The molecule has 0 aliphatic rings. The van der Waals surface area contributed by atoms with Gasteiger partial charge in [0.1, 0.15) is 5.75 Å². The highest BCUT2D eigenvalue weighted by Gasteiger charge is 2.23. The maximum absolute atomic E-state index is 11.2. The highest BCUT2D eigenvalue weighted by molar-refractivity contribution is 5.94. The number of rotatable bonds is 5. The number of carboxylic acids is 1. The van der Waals surface area contributed by atoms with Gasteiger partial charge >= 0.3 is 5.97 Å². The molecule has 92 valence electrons. The van der Waals surface area contributed by atoms with E-state index in [-0.39, 0.29) is 11.7 Å². The molecular weight excluding hydrogens is 220 g/mol. The number of benzene rings is 1. The van der Waals surface area contributed by atoms with Crippen molar-refractivity contribution in [2.75, 3.05) is 0 Å². The van der Waals surface area contributed by atoms with E-state index in [9.17, 15) is 9.59 Å². The first kappa shape index (κ1) is 13.2. The molecule has 0 aliphatic heterocycles. The van der Waals surface area contributed by atoms with Crippen molar-refractivity contribution in [2.24, 2.45) is 5.92 Å². The van der Waals surface area contributed by atoms with Gasteiger partial charge in [0.2, 0.25) is 0 Å². The Balaban J connectivity index is 2.90. The summed E-state index contributed by atoms with van der Waals surface area (Å²) in [5.41, 5.74) is 0.510. The third-order valence-electron chi connectivity index (χ3n) is 2.35. The van der Waals surface area contributed by atoms with Crippen LogP contribution in [0, 0.1) is 5.92 Å². The van der Waals surface area contributed by atoms with Crippen LogP contribution < -0.4 is 4.74 Å². The van der Waals surface area contributed by atoms with Gasteiger partial charge in [0, 0.05) is 11.5 Å². The fraction of sp³-hybridized carbons (Fsp3) is 0.385. The van der Waals surface area contributed by atoms with Crippen molar-refractivity contribution in [2.45, 2.75) is 26.9 Å². The molecule has 1 unspecified atom stereocenters. The number of hydrogen-bond acceptors (Lipinski definition) is 3. The van der Waals surface area contributed by atoms with Gasteiger partial charge in [0.15, 0.2) is 11.9 Å². The number of Topliss-reactive ketones (excluding diaryl/α,β-unsaturated/α-hetero) is 1. The van der Waals surface area contributed by atoms with Crippen LogP contribution in [0.1, 0.15) is 31.1 Å². The summed E-state index contributed by atoms with van der Waals surface area (Å²) < 4.78 is 5.38. The van der Waals surface area contributed by atoms with Crippen molar-refractivity contribution in [3.8, 4) is 5.75 Å². The normalized spacial score (nSPS) is 12.2. The third kappa shape index (κ3) is 3.59. The second kappa shape index (κ2) is 5.48. The third-order valence-corrected chi connectivity index (χ3v) is 2.35. The highest BCUT2D eigenvalue weighted by atomic mass is 16.5. The largest absolute Gasteiger partial charge is 0.478 e. The molecule has 0 bridgehead atoms. The molecule has 0 aliphatic carbocycles. The summed E-state index contributed by atoms with van der Waals surface area (Å²) in [5.74, 6) is -0.826. The Bertz CT molecular complexity index is 423. The predicted octanol–water partition coefficient (Wildman–Crippen LogP) is 2.38. The van der Waals surface area contributed by atoms with Gasteiger partial charge in [-0.3, -0.25) is 4.79 Å². The molecule has 1 rings (SSSR count). The molecule has 0 spiro atoms. The fourth-order valence-corrected chi connectivity index (χ4v) is 1.41. The lowest BCUT2D eigenvalue weighted by molar-refractivity contribution is -0.147. The van der Waals surface area contributed by atoms with Crippen molar-refractivity contribution >= 4 is 11.8 Å². The summed E-state index contributed by atoms with van der Waals surface area (Å²) in [6.45, 7) is 5.00. The Morgan fingerprint density at radius 3 is 2.41 bits per heavy atom. The number of ketones is 1. The number of ether oxygens (including phenoxy) is 1. The smallest absolute Gasteiger partial charge is 0.345 e. The van der Waals surface area contributed by atoms with E-state index in [0.29, 0.717) is 11.3 Å². The van der Waals surface area contributed by atoms with Crippen LogP contribution in [0.15, 0.2) is 24.3 Å². The number of hydrogen-bond donors (Lipinski definition) is 1. The summed E-state index contributed by atoms with van der Waals surface area (Å²) in [7, 11) is 0. The van der Waals surface area contributed by atoms with Gasteiger partial charge in [-0.25, -0.2) is 4.79 Å². The zero-order valence-electron chi connectivity index (χ0n) is 10.1. The molecule has 0 radical (unpaired) electrons. The number of carbonyl (C=O) groups is 2. The van der Waals surface area contributed by atoms with Crippen molar-refractivity contribution in [1.82, 2.24) is 0 Å². The lowest BCUT2D eigenvalue weighted by atomic mass is 10.1. The molecular formula is C13H16O4. The zero-order valence-corrected chi connectivity index (χ0v) is 10.1. The second-order valence-corrected chi connectivity index (χ2v) is 4.20. The van der Waals surface area contributed by atoms with Crippen LogP contribution in [0.2, 0.25) is 0 Å². The van der Waals surface area contributed by atoms with Gasteiger partial charge in [-0.2, -0.15) is 0 Å². The van der Waals surface area contributed by atoms with E-state index in [0.717, 1.165) is 0 Å². The Hall–Kier alpha value is -1.84. The molecule has 4 nitrogen and oxygen atoms in total. The minimum atomic E-state index is -1.01. The molecule has 1 aromatic carbocycles. The van der Waals surface area contributed by atoms with E-state index in [1.807, 2.05) is 0 Å². The van der Waals surface area contributed by atoms with E-state index >= 15 is 0 Å². The van der Waals surface area contributed by atoms with Crippen molar-refractivity contribution in [1.29, 1.82) is 0 Å². The molecule has 0 heterocycles. The van der Waals surface area contributed by atoms with E-state index in [1.165, 1.54) is 6.92 Å². The molecule has 0 aromatic heterocycles. The minimum Gasteiger partial charge on any atom is -0.478 e. The summed E-state index contributed by atoms with van der Waals surface area (Å²) in [5, 5.41) is 8.99. The molecule has 1 N–H and O–H groups in total. The van der Waals surface area contributed by atoms with Crippen molar-refractivity contribution in [3.05, 3.63) is 29.8 Å². The quantitative estimate of drug-likeness (QED) is 0.797. The maximum atomic E-state index is 11.2. The molecule has 4 heteroatoms. The molecule has 0 fully saturated rings. The van der Waals surface area contributed by atoms with Gasteiger partial charge in [-0.15, -0.1) is 0 Å². The minimum absolute atomic E-state index is 0.0770. The predicted molar refractivity (Wildman–Crippen MR) is 63.3 cm³/mol. The van der Waals surface area contributed by atoms with E-state index < -0.39 is 12.1 Å². The highest BCUT2D eigenvalue weighted by Crippen LogP contribution is 2.18. The standard InChI is InChI=1S/C13H16O4/c1-8(2)12(13(15)16)17-11-6-4-5-10(7-11)9(3)14/h4-8,12H,1-3H3,(H,15,16). The first-order valence-electron chi connectivity index (χ1n) is 5.42. The molecule has 1 atom stereocenters. The second-order valence-electron chi connectivity index (χ2n) is 4.20. The fourth-order valence-electron chi connectivity index (χ4n) is 1.41. The molecule has 1 aromatic rings. The average Bonchev–Trinajstić information content (AvgIpc) is 2.25. The Morgan fingerprint density at radius 1 is 1.29 bits per heavy atom. The van der Waals surface area contributed by atoms with Crippen LogP contribution in [0.25, 0.3) is 0 Å². The molecule has 0 amide bonds. The topological polar surface area (TPSA) is 63.6 Å². The maximum Gasteiger partial charge on any atom is 0.345 e. The zero-order chi connectivity index (χ0) is 13.0. The number of carbonyl (C=O) groups excluding carboxylic acids is 1. The Labute approximate surface area is 100 Å². The lowest BCUT2D eigenvalue weighted by Crippen LogP contribution is -2.32. The van der Waals surface area contributed by atoms with Crippen molar-refractivity contribution < 1.29 is 19.4 Å². The summed E-state index contributed by atoms with van der Waals surface area (Å²) >= 11 is 0. The Kier molecular flexibility index (Phi) is 4.26. The van der Waals surface area contributed by atoms with Crippen LogP contribution in [-0.4, -0.2) is 23.0 Å². The lowest BCUT2D eigenvalue weighted by Gasteiger charge is -2.18. The summed E-state index contributed by atoms with van der Waals surface area (Å²) in [6.07, 6.45) is -0.905. The number of carboxylic acid groups (broad SMARTS) is 1. The van der Waals surface area contributed by atoms with Gasteiger partial charge in [0.25, 0.3) is 0 Å². The molecule has 0 saturated heterocycles. The van der Waals surface area contributed by atoms with Crippen LogP contribution in [0.5, 0.6) is 5.75 Å². The summed E-state index contributed by atoms with van der Waals surface area (Å²) in [6, 6.07) is 6.54. The monoisotopic (exact) mass is 236 g/mol. The SMILES string of the molecule is CC(=O)c1cccc(OC(C(=O)O)C(C)C)c1. The average molecular weight is 236 g/mol. The summed E-state index contributed by atoms with van der Waals surface area (Å²) in [4.78, 5) is 22.2. The van der Waals surface area contributed by atoms with E-state index in [2.05, 4.69) is 0 Å². The first-order valence-corrected chi connectivity index (χ1v) is 5.42. The van der Waals surface area contributed by atoms with Crippen LogP contribution in [0.4, 0.5) is 0 Å². The Morgan fingerprint density at radius 2 is 1.94 bits per heavy atom. The first-order chi connectivity index (χ1) is 7.91. The van der Waals surface area contributed by atoms with Gasteiger partial charge in [-0.1, -0.05) is 26.0 Å². The van der Waals surface area contributed by atoms with Crippen LogP contribution in [-0.2, 0) is 4.79 Å². The van der Waals surface area contributed by atoms with Crippen molar-refractivity contribution in [3.63, 3.8) is 0 Å². The molecule has 0 saturated carbocycles. The van der Waals surface area contributed by atoms with E-state index in [4.69, 9.17) is 9.84 Å². The van der Waals surface area contributed by atoms with Gasteiger partial charge in [-0.05, 0) is 19.1 Å². The van der Waals surface area contributed by atoms with Gasteiger partial charge in [0.05, 0.1) is 0 Å². The van der Waals surface area contributed by atoms with Gasteiger partial charge < -0.3 is 9.84 Å². The van der Waals surface area contributed by atoms with Crippen LogP contribution in [0.3, 0.4) is 0 Å². The van der Waals surface area contributed by atoms with E-state index in [1.54, 1.807) is 38.1 Å².